The zero-order valence-corrected chi connectivity index (χ0v) is 27.9. The van der Waals surface area contributed by atoms with Gasteiger partial charge in [0.15, 0.2) is 6.29 Å². The zero-order chi connectivity index (χ0) is 33.8. The van der Waals surface area contributed by atoms with Gasteiger partial charge in [0.05, 0.1) is 18.8 Å². The van der Waals surface area contributed by atoms with Crippen LogP contribution in [0.25, 0.3) is 11.1 Å². The number of nitrogens with one attached hydrogen (secondary N) is 2. The number of aromatic nitrogens is 1. The molecule has 0 bridgehead atoms. The first kappa shape index (κ1) is 34.0. The molecule has 2 heterocycles. The molecule has 2 amide bonds. The average molecular weight is 657 g/mol. The fraction of sp³-hybridized carbons (Fsp3) is 0.268. The van der Waals surface area contributed by atoms with E-state index in [9.17, 15) is 9.90 Å². The van der Waals surface area contributed by atoms with Crippen LogP contribution in [0.1, 0.15) is 52.3 Å². The zero-order valence-electron chi connectivity index (χ0n) is 27.9. The van der Waals surface area contributed by atoms with E-state index < -0.39 is 6.29 Å². The van der Waals surface area contributed by atoms with Crippen LogP contribution in [0, 0.1) is 0 Å². The van der Waals surface area contributed by atoms with Crippen LogP contribution in [0.5, 0.6) is 0 Å². The number of likely N-dealkylation sites (N-methyl/N-ethyl adjacent to an activating group) is 1. The highest BCUT2D eigenvalue weighted by molar-refractivity contribution is 5.75. The fourth-order valence-corrected chi connectivity index (χ4v) is 6.12. The van der Waals surface area contributed by atoms with Crippen molar-refractivity contribution in [1.82, 2.24) is 20.5 Å². The first-order chi connectivity index (χ1) is 24.0. The number of hydrogen-bond acceptors (Lipinski definition) is 6. The van der Waals surface area contributed by atoms with Gasteiger partial charge in [-0.05, 0) is 52.6 Å². The van der Waals surface area contributed by atoms with Gasteiger partial charge in [-0.2, -0.15) is 0 Å². The number of carbonyl (C=O) groups is 1. The van der Waals surface area contributed by atoms with Crippen molar-refractivity contribution in [3.8, 4) is 11.1 Å². The summed E-state index contributed by atoms with van der Waals surface area (Å²) in [7, 11) is 2.12. The normalized spacial score (nSPS) is 17.5. The fourth-order valence-electron chi connectivity index (χ4n) is 6.12. The number of nitrogens with zero attached hydrogens (tertiary/aromatic N) is 2. The summed E-state index contributed by atoms with van der Waals surface area (Å²) < 4.78 is 13.2. The first-order valence-corrected chi connectivity index (χ1v) is 16.9. The Hall–Kier alpha value is -4.86. The Labute approximate surface area is 288 Å². The van der Waals surface area contributed by atoms with E-state index in [4.69, 9.17) is 9.47 Å². The SMILES string of the molecule is CN(CCc1ccccn1)C[C@H]1C[C@@H](c2ccc(CO)cc2)O[C@@H](c2ccc(-c3ccccc3CNC(=O)NCc3ccccc3)cc2)O1. The quantitative estimate of drug-likeness (QED) is 0.127. The van der Waals surface area contributed by atoms with Gasteiger partial charge in [0.1, 0.15) is 0 Å². The summed E-state index contributed by atoms with van der Waals surface area (Å²) in [5, 5.41) is 15.5. The molecular formula is C41H44N4O4. The van der Waals surface area contributed by atoms with Crippen LogP contribution in [0.3, 0.4) is 0 Å². The smallest absolute Gasteiger partial charge is 0.315 e. The van der Waals surface area contributed by atoms with Gasteiger partial charge in [-0.1, -0.05) is 109 Å². The minimum Gasteiger partial charge on any atom is -0.392 e. The van der Waals surface area contributed by atoms with E-state index in [1.165, 1.54) is 0 Å². The van der Waals surface area contributed by atoms with Gasteiger partial charge in [-0.15, -0.1) is 0 Å². The molecule has 1 fully saturated rings. The van der Waals surface area contributed by atoms with Gasteiger partial charge in [0, 0.05) is 56.5 Å². The second kappa shape index (κ2) is 17.0. The van der Waals surface area contributed by atoms with Crippen LogP contribution in [-0.4, -0.2) is 47.3 Å². The van der Waals surface area contributed by atoms with Crippen molar-refractivity contribution in [2.45, 2.75) is 51.0 Å². The van der Waals surface area contributed by atoms with E-state index in [-0.39, 0.29) is 24.8 Å². The summed E-state index contributed by atoms with van der Waals surface area (Å²) in [6.45, 7) is 2.51. The maximum absolute atomic E-state index is 12.5. The number of aliphatic hydroxyl groups is 1. The van der Waals surface area contributed by atoms with Crippen molar-refractivity contribution in [2.24, 2.45) is 0 Å². The van der Waals surface area contributed by atoms with Crippen LogP contribution in [0.4, 0.5) is 4.79 Å². The Morgan fingerprint density at radius 1 is 0.796 bits per heavy atom. The van der Waals surface area contributed by atoms with Crippen LogP contribution < -0.4 is 10.6 Å². The number of benzene rings is 4. The number of ether oxygens (including phenoxy) is 2. The maximum atomic E-state index is 12.5. The Kier molecular flexibility index (Phi) is 11.8. The minimum atomic E-state index is -0.537. The van der Waals surface area contributed by atoms with Crippen LogP contribution in [0.15, 0.2) is 128 Å². The van der Waals surface area contributed by atoms with Gasteiger partial charge < -0.3 is 30.1 Å². The summed E-state index contributed by atoms with van der Waals surface area (Å²) in [6, 6.07) is 40.1. The van der Waals surface area contributed by atoms with E-state index in [0.717, 1.165) is 70.6 Å². The summed E-state index contributed by atoms with van der Waals surface area (Å²) in [4.78, 5) is 19.3. The molecule has 3 atom stereocenters. The number of pyridine rings is 1. The third-order valence-electron chi connectivity index (χ3n) is 8.85. The van der Waals surface area contributed by atoms with E-state index in [2.05, 4.69) is 64.0 Å². The third-order valence-corrected chi connectivity index (χ3v) is 8.85. The predicted octanol–water partition coefficient (Wildman–Crippen LogP) is 6.96. The van der Waals surface area contributed by atoms with Crippen molar-refractivity contribution in [3.05, 3.63) is 161 Å². The number of aliphatic hydroxyl groups excluding tert-OH is 1. The van der Waals surface area contributed by atoms with Crippen molar-refractivity contribution in [2.75, 3.05) is 20.1 Å². The lowest BCUT2D eigenvalue weighted by molar-refractivity contribution is -0.252. The number of rotatable bonds is 13. The van der Waals surface area contributed by atoms with Gasteiger partial charge in [-0.3, -0.25) is 4.98 Å². The van der Waals surface area contributed by atoms with E-state index >= 15 is 0 Å². The van der Waals surface area contributed by atoms with Crippen LogP contribution in [0.2, 0.25) is 0 Å². The molecule has 5 aromatic rings. The minimum absolute atomic E-state index is 0.00816. The third kappa shape index (κ3) is 9.62. The molecule has 0 spiro atoms. The molecule has 1 aliphatic rings. The Morgan fingerprint density at radius 2 is 1.51 bits per heavy atom. The number of urea groups is 1. The Balaban J connectivity index is 1.13. The lowest BCUT2D eigenvalue weighted by Gasteiger charge is -2.38. The van der Waals surface area contributed by atoms with Crippen molar-refractivity contribution < 1.29 is 19.4 Å². The second-order valence-electron chi connectivity index (χ2n) is 12.5. The van der Waals surface area contributed by atoms with Gasteiger partial charge in [-0.25, -0.2) is 4.79 Å². The van der Waals surface area contributed by atoms with Crippen molar-refractivity contribution in [3.63, 3.8) is 0 Å². The molecule has 252 valence electrons. The molecule has 1 saturated heterocycles. The van der Waals surface area contributed by atoms with E-state index in [1.54, 1.807) is 0 Å². The summed E-state index contributed by atoms with van der Waals surface area (Å²) in [6.07, 6.45) is 2.69. The molecular weight excluding hydrogens is 612 g/mol. The van der Waals surface area contributed by atoms with Crippen LogP contribution >= 0.6 is 0 Å². The molecule has 0 saturated carbocycles. The number of hydrogen-bond donors (Lipinski definition) is 3. The van der Waals surface area contributed by atoms with Gasteiger partial charge in [0.2, 0.25) is 0 Å². The first-order valence-electron chi connectivity index (χ1n) is 16.9. The molecule has 4 aromatic carbocycles. The largest absolute Gasteiger partial charge is 0.392 e. The van der Waals surface area contributed by atoms with Crippen molar-refractivity contribution >= 4 is 6.03 Å². The molecule has 1 aliphatic heterocycles. The summed E-state index contributed by atoms with van der Waals surface area (Å²) >= 11 is 0. The highest BCUT2D eigenvalue weighted by Gasteiger charge is 2.32. The topological polar surface area (TPSA) is 96.0 Å². The summed E-state index contributed by atoms with van der Waals surface area (Å²) in [5.41, 5.74) is 8.13. The molecule has 1 aromatic heterocycles. The molecule has 0 radical (unpaired) electrons. The van der Waals surface area contributed by atoms with E-state index in [0.29, 0.717) is 13.1 Å². The molecule has 0 unspecified atom stereocenters. The highest BCUT2D eigenvalue weighted by Crippen LogP contribution is 2.38. The lowest BCUT2D eigenvalue weighted by atomic mass is 9.97. The van der Waals surface area contributed by atoms with Crippen molar-refractivity contribution in [1.29, 1.82) is 0 Å². The lowest BCUT2D eigenvalue weighted by Crippen LogP contribution is -2.38. The predicted molar refractivity (Wildman–Crippen MR) is 191 cm³/mol. The van der Waals surface area contributed by atoms with Gasteiger partial charge in [0.25, 0.3) is 0 Å². The average Bonchev–Trinajstić information content (AvgIpc) is 3.16. The molecule has 3 N–H and O–H groups in total. The standard InChI is InChI=1S/C41H44N4O4/c1-45(24-22-36-12-7-8-23-42-36)28-37-25-39(33-16-14-31(29-46)15-17-33)49-40(48-37)34-20-18-32(19-21-34)38-13-6-5-11-35(38)27-44-41(47)43-26-30-9-3-2-4-10-30/h2-21,23,37,39-40,46H,22,24-29H2,1H3,(H2,43,44,47)/t37-,39+,40+/m1/s1. The second-order valence-corrected chi connectivity index (χ2v) is 12.5. The Morgan fingerprint density at radius 3 is 2.27 bits per heavy atom. The highest BCUT2D eigenvalue weighted by atomic mass is 16.7. The monoisotopic (exact) mass is 656 g/mol. The molecule has 49 heavy (non-hydrogen) atoms. The molecule has 8 heteroatoms. The number of amides is 2. The Bertz CT molecular complexity index is 1750. The molecule has 6 rings (SSSR count). The number of carbonyl (C=O) groups excluding carboxylic acids is 1. The summed E-state index contributed by atoms with van der Waals surface area (Å²) in [5.74, 6) is 0. The molecule has 0 aliphatic carbocycles. The van der Waals surface area contributed by atoms with Crippen LogP contribution in [-0.2, 0) is 35.6 Å². The maximum Gasteiger partial charge on any atom is 0.315 e. The molecule has 8 nitrogen and oxygen atoms in total. The van der Waals surface area contributed by atoms with E-state index in [1.807, 2.05) is 91.1 Å². The van der Waals surface area contributed by atoms with Gasteiger partial charge >= 0.3 is 6.03 Å².